The summed E-state index contributed by atoms with van der Waals surface area (Å²) < 4.78 is 56.8. The Bertz CT molecular complexity index is 1300. The van der Waals surface area contributed by atoms with E-state index in [1.54, 1.807) is 6.07 Å². The van der Waals surface area contributed by atoms with Crippen LogP contribution in [-0.4, -0.2) is 39.0 Å². The molecule has 0 spiro atoms. The Kier molecular flexibility index (Phi) is 4.85. The van der Waals surface area contributed by atoms with Crippen LogP contribution in [-0.2, 0) is 20.0 Å². The molecule has 10 nitrogen and oxygen atoms in total. The Morgan fingerprint density at radius 3 is 2.37 bits per heavy atom. The molecule has 4 rings (SSSR count). The summed E-state index contributed by atoms with van der Waals surface area (Å²) in [5.74, 6) is 0.0965. The second-order valence-corrected chi connectivity index (χ2v) is 10.6. The average molecular weight is 449 g/mol. The second kappa shape index (κ2) is 7.13. The van der Waals surface area contributed by atoms with Gasteiger partial charge in [-0.05, 0) is 18.1 Å². The van der Waals surface area contributed by atoms with Gasteiger partial charge in [-0.15, -0.1) is 8.80 Å². The van der Waals surface area contributed by atoms with Gasteiger partial charge in [0.05, 0.1) is 17.6 Å². The molecule has 0 aliphatic carbocycles. The molecule has 0 fully saturated rings. The normalized spacial score (nSPS) is 19.1. The number of anilines is 2. The summed E-state index contributed by atoms with van der Waals surface area (Å²) in [5.41, 5.74) is 2.03. The van der Waals surface area contributed by atoms with Crippen molar-refractivity contribution in [1.29, 1.82) is 0 Å². The van der Waals surface area contributed by atoms with E-state index in [0.717, 1.165) is 12.0 Å². The smallest absolute Gasteiger partial charge is 0.287 e. The number of nitrogens with zero attached hydrogens (tertiary/aromatic N) is 4. The molecule has 158 valence electrons. The summed E-state index contributed by atoms with van der Waals surface area (Å²) in [7, 11) is -7.66. The third-order valence-electron chi connectivity index (χ3n) is 4.85. The highest BCUT2D eigenvalue weighted by molar-refractivity contribution is 7.90. The van der Waals surface area contributed by atoms with Crippen molar-refractivity contribution in [3.05, 3.63) is 35.9 Å². The van der Waals surface area contributed by atoms with Crippen molar-refractivity contribution < 1.29 is 16.8 Å². The van der Waals surface area contributed by atoms with Crippen molar-refractivity contribution in [1.82, 2.24) is 9.97 Å². The number of sulfonamides is 2. The lowest BCUT2D eigenvalue weighted by Crippen LogP contribution is -2.24. The maximum atomic E-state index is 12.6. The largest absolute Gasteiger partial charge is 0.343 e. The molecular formula is C18H20N6O4S2. The molecule has 1 atom stereocenters. The van der Waals surface area contributed by atoms with Gasteiger partial charge in [0.1, 0.15) is 22.0 Å². The van der Waals surface area contributed by atoms with Crippen LogP contribution in [0.2, 0.25) is 0 Å². The second-order valence-electron chi connectivity index (χ2n) is 7.46. The predicted molar refractivity (Wildman–Crippen MR) is 113 cm³/mol. The van der Waals surface area contributed by atoms with E-state index in [0.29, 0.717) is 17.1 Å². The molecule has 2 aromatic rings. The van der Waals surface area contributed by atoms with Gasteiger partial charge in [0.25, 0.3) is 20.0 Å². The molecule has 0 aromatic carbocycles. The van der Waals surface area contributed by atoms with Gasteiger partial charge in [0.15, 0.2) is 0 Å². The van der Waals surface area contributed by atoms with Crippen LogP contribution in [0.15, 0.2) is 43.1 Å². The molecule has 1 unspecified atom stereocenters. The zero-order valence-electron chi connectivity index (χ0n) is 16.5. The quantitative estimate of drug-likeness (QED) is 0.726. The zero-order chi connectivity index (χ0) is 21.7. The Balaban J connectivity index is 1.63. The lowest BCUT2D eigenvalue weighted by atomic mass is 10.0. The monoisotopic (exact) mass is 448 g/mol. The summed E-state index contributed by atoms with van der Waals surface area (Å²) in [6.07, 6.45) is 4.07. The lowest BCUT2D eigenvalue weighted by Gasteiger charge is -2.21. The molecule has 4 heterocycles. The van der Waals surface area contributed by atoms with E-state index in [1.807, 2.05) is 20.8 Å². The van der Waals surface area contributed by atoms with E-state index in [9.17, 15) is 16.8 Å². The molecule has 2 aliphatic rings. The molecule has 30 heavy (non-hydrogen) atoms. The molecule has 0 radical (unpaired) electrons. The number of hydrogen-bond acceptors (Lipinski definition) is 8. The first kappa shape index (κ1) is 20.4. The van der Waals surface area contributed by atoms with Crippen LogP contribution in [0.1, 0.15) is 50.4 Å². The van der Waals surface area contributed by atoms with Gasteiger partial charge in [0, 0.05) is 29.9 Å². The van der Waals surface area contributed by atoms with Gasteiger partial charge >= 0.3 is 0 Å². The number of fused-ring (bicyclic) bond motifs is 2. The summed E-state index contributed by atoms with van der Waals surface area (Å²) in [5, 5.41) is 5.82. The Hall–Kier alpha value is -2.86. The predicted octanol–water partition coefficient (Wildman–Crippen LogP) is 2.45. The van der Waals surface area contributed by atoms with Crippen LogP contribution in [0.5, 0.6) is 0 Å². The van der Waals surface area contributed by atoms with Gasteiger partial charge in [-0.3, -0.25) is 9.97 Å². The van der Waals surface area contributed by atoms with Gasteiger partial charge in [0.2, 0.25) is 0 Å². The fourth-order valence-corrected chi connectivity index (χ4v) is 5.25. The average Bonchev–Trinajstić information content (AvgIpc) is 2.66. The van der Waals surface area contributed by atoms with E-state index >= 15 is 0 Å². The molecule has 2 aliphatic heterocycles. The van der Waals surface area contributed by atoms with Crippen LogP contribution in [0, 0.1) is 0 Å². The summed E-state index contributed by atoms with van der Waals surface area (Å²) in [6, 6.07) is 3.16. The molecule has 0 saturated heterocycles. The number of aromatic nitrogens is 2. The molecule has 0 saturated carbocycles. The first-order valence-corrected chi connectivity index (χ1v) is 12.1. The lowest BCUT2D eigenvalue weighted by molar-refractivity contribution is 0.595. The molecular weight excluding hydrogens is 428 g/mol. The van der Waals surface area contributed by atoms with Crippen LogP contribution < -0.4 is 10.6 Å². The standard InChI is InChI=1S/C18H20N6O4S2/c1-10(2)12-5-14-17(8-20-12)30(27,28)24-18(23-14)4-11(3)13-6-16-15(7-19-13)21-9-22-29(16,25)26/h5-11H,4H2,1-3H3,(H,21,22)(H,23,24). The summed E-state index contributed by atoms with van der Waals surface area (Å²) >= 11 is 0. The Labute approximate surface area is 174 Å². The Morgan fingerprint density at radius 2 is 1.63 bits per heavy atom. The van der Waals surface area contributed by atoms with Gasteiger partial charge in [-0.2, -0.15) is 16.8 Å². The minimum absolute atomic E-state index is 0.0326. The molecule has 2 aromatic heterocycles. The molecule has 12 heteroatoms. The van der Waals surface area contributed by atoms with Crippen molar-refractivity contribution in [2.75, 3.05) is 10.6 Å². The fourth-order valence-electron chi connectivity index (χ4n) is 3.20. The highest BCUT2D eigenvalue weighted by atomic mass is 32.2. The highest BCUT2D eigenvalue weighted by Gasteiger charge is 2.28. The maximum Gasteiger partial charge on any atom is 0.287 e. The number of pyridine rings is 2. The van der Waals surface area contributed by atoms with Crippen molar-refractivity contribution in [3.63, 3.8) is 0 Å². The zero-order valence-corrected chi connectivity index (χ0v) is 18.1. The third kappa shape index (κ3) is 3.67. The van der Waals surface area contributed by atoms with Crippen molar-refractivity contribution >= 4 is 43.6 Å². The maximum absolute atomic E-state index is 12.6. The van der Waals surface area contributed by atoms with Crippen molar-refractivity contribution in [2.24, 2.45) is 8.80 Å². The van der Waals surface area contributed by atoms with Crippen LogP contribution in [0.4, 0.5) is 11.4 Å². The molecule has 0 bridgehead atoms. The summed E-state index contributed by atoms with van der Waals surface area (Å²) in [6.45, 7) is 5.76. The SMILES string of the molecule is CC(C)c1cc2c(cn1)S(=O)(=O)N=C(CC(C)c1cc3c(cn1)NC=NS3(=O)=O)N2. The number of hydrogen-bond donors (Lipinski definition) is 2. The van der Waals surface area contributed by atoms with Crippen molar-refractivity contribution in [3.8, 4) is 0 Å². The van der Waals surface area contributed by atoms with Gasteiger partial charge in [-0.25, -0.2) is 0 Å². The third-order valence-corrected chi connectivity index (χ3v) is 7.47. The highest BCUT2D eigenvalue weighted by Crippen LogP contribution is 2.32. The number of rotatable bonds is 4. The van der Waals surface area contributed by atoms with E-state index in [2.05, 4.69) is 29.4 Å². The minimum atomic E-state index is -3.88. The topological polar surface area (TPSA) is 143 Å². The molecule has 2 N–H and O–H groups in total. The van der Waals surface area contributed by atoms with Crippen LogP contribution in [0.25, 0.3) is 0 Å². The van der Waals surface area contributed by atoms with E-state index in [4.69, 9.17) is 0 Å². The van der Waals surface area contributed by atoms with E-state index in [-0.39, 0.29) is 33.9 Å². The number of nitrogens with one attached hydrogen (secondary N) is 2. The van der Waals surface area contributed by atoms with Crippen LogP contribution >= 0.6 is 0 Å². The Morgan fingerprint density at radius 1 is 0.900 bits per heavy atom. The van der Waals surface area contributed by atoms with E-state index in [1.165, 1.54) is 18.5 Å². The van der Waals surface area contributed by atoms with Crippen LogP contribution in [0.3, 0.4) is 0 Å². The van der Waals surface area contributed by atoms with E-state index < -0.39 is 20.0 Å². The van der Waals surface area contributed by atoms with Gasteiger partial charge < -0.3 is 10.6 Å². The number of amidine groups is 1. The first-order chi connectivity index (χ1) is 14.1. The molecule has 0 amide bonds. The van der Waals surface area contributed by atoms with Gasteiger partial charge in [-0.1, -0.05) is 20.8 Å². The summed E-state index contributed by atoms with van der Waals surface area (Å²) in [4.78, 5) is 8.58. The first-order valence-electron chi connectivity index (χ1n) is 9.23. The minimum Gasteiger partial charge on any atom is -0.343 e. The fraction of sp³-hybridized carbons (Fsp3) is 0.333. The van der Waals surface area contributed by atoms with Crippen molar-refractivity contribution in [2.45, 2.75) is 48.8 Å².